The lowest BCUT2D eigenvalue weighted by Gasteiger charge is -2.44. The highest BCUT2D eigenvalue weighted by molar-refractivity contribution is 7.80. The maximum atomic E-state index is 5.61. The molecule has 19 heavy (non-hydrogen) atoms. The summed E-state index contributed by atoms with van der Waals surface area (Å²) < 4.78 is 0. The fourth-order valence-corrected chi connectivity index (χ4v) is 3.03. The van der Waals surface area contributed by atoms with Crippen molar-refractivity contribution in [3.63, 3.8) is 0 Å². The van der Waals surface area contributed by atoms with Crippen molar-refractivity contribution in [1.29, 1.82) is 0 Å². The van der Waals surface area contributed by atoms with E-state index in [1.54, 1.807) is 0 Å². The van der Waals surface area contributed by atoms with Crippen molar-refractivity contribution < 1.29 is 0 Å². The summed E-state index contributed by atoms with van der Waals surface area (Å²) >= 11 is 4.97. The van der Waals surface area contributed by atoms with Crippen LogP contribution in [-0.4, -0.2) is 29.1 Å². The van der Waals surface area contributed by atoms with Gasteiger partial charge in [-0.05, 0) is 29.6 Å². The maximum absolute atomic E-state index is 5.61. The molecule has 0 aliphatic carbocycles. The van der Waals surface area contributed by atoms with Gasteiger partial charge in [-0.1, -0.05) is 44.2 Å². The fourth-order valence-electron chi connectivity index (χ4n) is 2.88. The molecule has 1 aliphatic heterocycles. The molecular weight excluding hydrogens is 254 g/mol. The number of nitrogens with one attached hydrogen (secondary N) is 1. The van der Waals surface area contributed by atoms with Gasteiger partial charge in [0.1, 0.15) is 0 Å². The van der Waals surface area contributed by atoms with Gasteiger partial charge >= 0.3 is 0 Å². The summed E-state index contributed by atoms with van der Waals surface area (Å²) in [4.78, 5) is 2.51. The molecule has 0 aromatic heterocycles. The summed E-state index contributed by atoms with van der Waals surface area (Å²) in [6.07, 6.45) is 1.08. The summed E-state index contributed by atoms with van der Waals surface area (Å²) in [6.45, 7) is 7.71. The Bertz CT molecular complexity index is 430. The number of benzene rings is 1. The Morgan fingerprint density at radius 3 is 2.68 bits per heavy atom. The summed E-state index contributed by atoms with van der Waals surface area (Å²) in [6, 6.07) is 11.0. The average Bonchev–Trinajstić information content (AvgIpc) is 2.33. The molecule has 0 saturated carbocycles. The van der Waals surface area contributed by atoms with Crippen LogP contribution in [0.25, 0.3) is 0 Å². The van der Waals surface area contributed by atoms with E-state index in [1.165, 1.54) is 5.56 Å². The van der Waals surface area contributed by atoms with E-state index < -0.39 is 0 Å². The quantitative estimate of drug-likeness (QED) is 0.831. The zero-order chi connectivity index (χ0) is 13.9. The van der Waals surface area contributed by atoms with Crippen LogP contribution >= 0.6 is 12.2 Å². The molecule has 4 heteroatoms. The van der Waals surface area contributed by atoms with Crippen LogP contribution in [0, 0.1) is 5.41 Å². The van der Waals surface area contributed by atoms with E-state index in [2.05, 4.69) is 54.4 Å². The van der Waals surface area contributed by atoms with Gasteiger partial charge in [0.05, 0.1) is 0 Å². The van der Waals surface area contributed by atoms with E-state index in [-0.39, 0.29) is 5.41 Å². The number of hydrogen-bond acceptors (Lipinski definition) is 2. The summed E-state index contributed by atoms with van der Waals surface area (Å²) in [5.41, 5.74) is 7.16. The zero-order valence-corrected chi connectivity index (χ0v) is 12.5. The Kier molecular flexibility index (Phi) is 4.42. The number of nitrogens with zero attached hydrogens (tertiary/aromatic N) is 1. The number of rotatable bonds is 3. The van der Waals surface area contributed by atoms with Gasteiger partial charge in [-0.2, -0.15) is 0 Å². The molecule has 0 spiro atoms. The van der Waals surface area contributed by atoms with Gasteiger partial charge in [0.25, 0.3) is 0 Å². The van der Waals surface area contributed by atoms with Crippen molar-refractivity contribution in [2.75, 3.05) is 13.1 Å². The average molecular weight is 277 g/mol. The fraction of sp³-hybridized carbons (Fsp3) is 0.533. The van der Waals surface area contributed by atoms with E-state index in [9.17, 15) is 0 Å². The van der Waals surface area contributed by atoms with E-state index in [1.807, 2.05) is 0 Å². The Labute approximate surface area is 121 Å². The molecule has 1 aliphatic rings. The highest BCUT2D eigenvalue weighted by Crippen LogP contribution is 2.30. The van der Waals surface area contributed by atoms with Crippen LogP contribution in [0.4, 0.5) is 0 Å². The molecule has 104 valence electrons. The normalized spacial score (nSPS) is 22.9. The standard InChI is InChI=1S/C15H23N3S/c1-15(2)11-18(9-8-13(15)17-14(16)19)10-12-6-4-3-5-7-12/h3-7,13H,8-11H2,1-2H3,(H3,16,17,19). The molecule has 3 N–H and O–H groups in total. The largest absolute Gasteiger partial charge is 0.376 e. The molecule has 1 aromatic rings. The second-order valence-electron chi connectivity index (χ2n) is 6.03. The van der Waals surface area contributed by atoms with E-state index >= 15 is 0 Å². The molecule has 1 saturated heterocycles. The van der Waals surface area contributed by atoms with Gasteiger partial charge in [-0.25, -0.2) is 0 Å². The molecule has 1 heterocycles. The lowest BCUT2D eigenvalue weighted by molar-refractivity contribution is 0.0815. The Hall–Kier alpha value is -1.13. The second-order valence-corrected chi connectivity index (χ2v) is 6.47. The molecule has 0 radical (unpaired) electrons. The van der Waals surface area contributed by atoms with Crippen molar-refractivity contribution in [3.8, 4) is 0 Å². The van der Waals surface area contributed by atoms with Crippen LogP contribution in [0.15, 0.2) is 30.3 Å². The monoisotopic (exact) mass is 277 g/mol. The summed E-state index contributed by atoms with van der Waals surface area (Å²) in [5.74, 6) is 0. The molecule has 1 aromatic carbocycles. The van der Waals surface area contributed by atoms with E-state index in [4.69, 9.17) is 18.0 Å². The molecule has 0 amide bonds. The number of piperidine rings is 1. The Morgan fingerprint density at radius 1 is 1.42 bits per heavy atom. The first-order valence-electron chi connectivity index (χ1n) is 6.79. The molecule has 1 fully saturated rings. The highest BCUT2D eigenvalue weighted by Gasteiger charge is 2.35. The van der Waals surface area contributed by atoms with Gasteiger partial charge in [0.15, 0.2) is 5.11 Å². The third-order valence-corrected chi connectivity index (χ3v) is 3.99. The van der Waals surface area contributed by atoms with Crippen molar-refractivity contribution >= 4 is 17.3 Å². The van der Waals surface area contributed by atoms with Crippen molar-refractivity contribution in [1.82, 2.24) is 10.2 Å². The van der Waals surface area contributed by atoms with E-state index in [0.717, 1.165) is 26.1 Å². The smallest absolute Gasteiger partial charge is 0.163 e. The van der Waals surface area contributed by atoms with Crippen LogP contribution in [-0.2, 0) is 6.54 Å². The maximum Gasteiger partial charge on any atom is 0.163 e. The number of thiocarbonyl (C=S) groups is 1. The molecule has 0 bridgehead atoms. The predicted molar refractivity (Wildman–Crippen MR) is 83.8 cm³/mol. The minimum absolute atomic E-state index is 0.177. The highest BCUT2D eigenvalue weighted by atomic mass is 32.1. The first kappa shape index (κ1) is 14.3. The third-order valence-electron chi connectivity index (χ3n) is 3.87. The summed E-state index contributed by atoms with van der Waals surface area (Å²) in [7, 11) is 0. The molecule has 2 rings (SSSR count). The minimum atomic E-state index is 0.177. The lowest BCUT2D eigenvalue weighted by Crippen LogP contribution is -2.56. The van der Waals surface area contributed by atoms with Crippen molar-refractivity contribution in [2.24, 2.45) is 11.1 Å². The minimum Gasteiger partial charge on any atom is -0.376 e. The van der Waals surface area contributed by atoms with Crippen LogP contribution in [0.2, 0.25) is 0 Å². The van der Waals surface area contributed by atoms with Crippen molar-refractivity contribution in [3.05, 3.63) is 35.9 Å². The van der Waals surface area contributed by atoms with Crippen LogP contribution in [0.1, 0.15) is 25.8 Å². The third kappa shape index (κ3) is 3.91. The van der Waals surface area contributed by atoms with Gasteiger partial charge in [-0.3, -0.25) is 4.90 Å². The van der Waals surface area contributed by atoms with Gasteiger partial charge in [0, 0.05) is 25.7 Å². The molecule has 1 unspecified atom stereocenters. The Morgan fingerprint density at radius 2 is 2.11 bits per heavy atom. The topological polar surface area (TPSA) is 41.3 Å². The van der Waals surface area contributed by atoms with Crippen molar-refractivity contribution in [2.45, 2.75) is 32.9 Å². The Balaban J connectivity index is 1.96. The van der Waals surface area contributed by atoms with E-state index in [0.29, 0.717) is 11.2 Å². The second kappa shape index (κ2) is 5.88. The van der Waals surface area contributed by atoms with Gasteiger partial charge in [-0.15, -0.1) is 0 Å². The number of hydrogen-bond donors (Lipinski definition) is 2. The number of nitrogens with two attached hydrogens (primary N) is 1. The molecule has 3 nitrogen and oxygen atoms in total. The zero-order valence-electron chi connectivity index (χ0n) is 11.7. The first-order chi connectivity index (χ1) is 8.97. The first-order valence-corrected chi connectivity index (χ1v) is 7.20. The van der Waals surface area contributed by atoms with Crippen LogP contribution in [0.3, 0.4) is 0 Å². The molecular formula is C15H23N3S. The lowest BCUT2D eigenvalue weighted by atomic mass is 9.79. The molecule has 1 atom stereocenters. The van der Waals surface area contributed by atoms with Gasteiger partial charge in [0.2, 0.25) is 0 Å². The summed E-state index contributed by atoms with van der Waals surface area (Å²) in [5, 5.41) is 3.65. The van der Waals surface area contributed by atoms with Crippen LogP contribution in [0.5, 0.6) is 0 Å². The number of likely N-dealkylation sites (tertiary alicyclic amines) is 1. The SMILES string of the molecule is CC1(C)CN(Cc2ccccc2)CCC1NC(N)=S. The predicted octanol–water partition coefficient (Wildman–Crippen LogP) is 2.12. The van der Waals surface area contributed by atoms with Gasteiger partial charge < -0.3 is 11.1 Å². The van der Waals surface area contributed by atoms with Crippen LogP contribution < -0.4 is 11.1 Å².